The summed E-state index contributed by atoms with van der Waals surface area (Å²) in [6.45, 7) is 3.97. The van der Waals surface area contributed by atoms with Crippen molar-refractivity contribution in [2.45, 2.75) is 25.5 Å². The first-order valence-electron chi connectivity index (χ1n) is 9.25. The number of thioether (sulfide) groups is 1. The van der Waals surface area contributed by atoms with Crippen molar-refractivity contribution in [3.05, 3.63) is 70.8 Å². The van der Waals surface area contributed by atoms with E-state index in [0.29, 0.717) is 22.2 Å². The van der Waals surface area contributed by atoms with E-state index in [4.69, 9.17) is 0 Å². The predicted molar refractivity (Wildman–Crippen MR) is 114 cm³/mol. The Hall–Kier alpha value is -3.20. The van der Waals surface area contributed by atoms with Crippen molar-refractivity contribution < 1.29 is 14.0 Å². The van der Waals surface area contributed by atoms with Gasteiger partial charge in [0.25, 0.3) is 5.91 Å². The molecule has 0 unspecified atom stereocenters. The normalized spacial score (nSPS) is 10.7. The summed E-state index contributed by atoms with van der Waals surface area (Å²) in [5.41, 5.74) is 2.87. The molecule has 0 atom stereocenters. The lowest BCUT2D eigenvalue weighted by Crippen LogP contribution is -2.24. The molecule has 0 fully saturated rings. The fourth-order valence-electron chi connectivity index (χ4n) is 2.64. The highest BCUT2D eigenvalue weighted by atomic mass is 32.2. The molecule has 0 aliphatic rings. The van der Waals surface area contributed by atoms with Crippen molar-refractivity contribution in [1.82, 2.24) is 20.1 Å². The van der Waals surface area contributed by atoms with E-state index in [2.05, 4.69) is 20.8 Å². The monoisotopic (exact) mass is 427 g/mol. The SMILES string of the molecule is Cc1ccc(C(=O)NCc2nnc(SCC(=O)Nc3cc(F)ccc3C)n2C)cc1. The first kappa shape index (κ1) is 21.5. The van der Waals surface area contributed by atoms with E-state index >= 15 is 0 Å². The van der Waals surface area contributed by atoms with Gasteiger partial charge in [-0.05, 0) is 43.7 Å². The average Bonchev–Trinajstić information content (AvgIpc) is 3.07. The lowest BCUT2D eigenvalue weighted by atomic mass is 10.1. The molecule has 0 radical (unpaired) electrons. The molecule has 2 amide bonds. The largest absolute Gasteiger partial charge is 0.345 e. The van der Waals surface area contributed by atoms with Crippen molar-refractivity contribution in [1.29, 1.82) is 0 Å². The Labute approximate surface area is 178 Å². The lowest BCUT2D eigenvalue weighted by Gasteiger charge is -2.08. The Balaban J connectivity index is 1.53. The maximum atomic E-state index is 13.4. The van der Waals surface area contributed by atoms with Crippen LogP contribution < -0.4 is 10.6 Å². The van der Waals surface area contributed by atoms with Crippen molar-refractivity contribution in [3.8, 4) is 0 Å². The fraction of sp³-hybridized carbons (Fsp3) is 0.238. The van der Waals surface area contributed by atoms with Crippen LogP contribution in [-0.4, -0.2) is 32.3 Å². The van der Waals surface area contributed by atoms with E-state index in [-0.39, 0.29) is 24.1 Å². The summed E-state index contributed by atoms with van der Waals surface area (Å²) in [5.74, 6) is -0.214. The molecule has 1 heterocycles. The molecule has 0 saturated carbocycles. The van der Waals surface area contributed by atoms with Crippen LogP contribution >= 0.6 is 11.8 Å². The number of carbonyl (C=O) groups excluding carboxylic acids is 2. The minimum atomic E-state index is -0.408. The molecule has 0 aliphatic heterocycles. The highest BCUT2D eigenvalue weighted by Gasteiger charge is 2.14. The van der Waals surface area contributed by atoms with Gasteiger partial charge in [0.15, 0.2) is 11.0 Å². The first-order valence-corrected chi connectivity index (χ1v) is 10.2. The van der Waals surface area contributed by atoms with Crippen LogP contribution in [0, 0.1) is 19.7 Å². The molecular weight excluding hydrogens is 405 g/mol. The van der Waals surface area contributed by atoms with Gasteiger partial charge in [-0.1, -0.05) is 35.5 Å². The van der Waals surface area contributed by atoms with Crippen molar-refractivity contribution in [2.24, 2.45) is 7.05 Å². The molecule has 2 aromatic carbocycles. The van der Waals surface area contributed by atoms with Crippen LogP contribution in [0.4, 0.5) is 10.1 Å². The molecule has 156 valence electrons. The number of aryl methyl sites for hydroxylation is 2. The number of halogens is 1. The molecule has 0 saturated heterocycles. The molecular formula is C21H22FN5O2S. The molecule has 2 N–H and O–H groups in total. The number of carbonyl (C=O) groups is 2. The Morgan fingerprint density at radius 2 is 1.83 bits per heavy atom. The van der Waals surface area contributed by atoms with Crippen LogP contribution in [0.5, 0.6) is 0 Å². The number of aromatic nitrogens is 3. The number of hydrogen-bond donors (Lipinski definition) is 2. The van der Waals surface area contributed by atoms with Gasteiger partial charge in [-0.25, -0.2) is 4.39 Å². The van der Waals surface area contributed by atoms with Crippen LogP contribution in [0.3, 0.4) is 0 Å². The molecule has 9 heteroatoms. The number of anilines is 1. The third-order valence-electron chi connectivity index (χ3n) is 4.45. The topological polar surface area (TPSA) is 88.9 Å². The standard InChI is InChI=1S/C21H22FN5O2S/c1-13-4-7-15(8-5-13)20(29)23-11-18-25-26-21(27(18)3)30-12-19(28)24-17-10-16(22)9-6-14(17)2/h4-10H,11-12H2,1-3H3,(H,23,29)(H,24,28). The van der Waals surface area contributed by atoms with Gasteiger partial charge in [-0.2, -0.15) is 0 Å². The molecule has 3 aromatic rings. The summed E-state index contributed by atoms with van der Waals surface area (Å²) < 4.78 is 15.1. The van der Waals surface area contributed by atoms with Gasteiger partial charge < -0.3 is 15.2 Å². The summed E-state index contributed by atoms with van der Waals surface area (Å²) in [5, 5.41) is 14.2. The van der Waals surface area contributed by atoms with E-state index in [1.165, 1.54) is 23.9 Å². The summed E-state index contributed by atoms with van der Waals surface area (Å²) in [6.07, 6.45) is 0. The van der Waals surface area contributed by atoms with Gasteiger partial charge in [0.05, 0.1) is 12.3 Å². The van der Waals surface area contributed by atoms with Crippen LogP contribution in [0.2, 0.25) is 0 Å². The number of nitrogens with one attached hydrogen (secondary N) is 2. The molecule has 7 nitrogen and oxygen atoms in total. The third-order valence-corrected chi connectivity index (χ3v) is 5.47. The number of benzene rings is 2. The van der Waals surface area contributed by atoms with Gasteiger partial charge in [-0.3, -0.25) is 9.59 Å². The van der Waals surface area contributed by atoms with Gasteiger partial charge >= 0.3 is 0 Å². The van der Waals surface area contributed by atoms with Crippen molar-refractivity contribution >= 4 is 29.3 Å². The van der Waals surface area contributed by atoms with E-state index in [1.807, 2.05) is 19.1 Å². The number of amides is 2. The smallest absolute Gasteiger partial charge is 0.251 e. The van der Waals surface area contributed by atoms with Gasteiger partial charge in [0, 0.05) is 18.3 Å². The van der Waals surface area contributed by atoms with Crippen LogP contribution in [0.1, 0.15) is 27.3 Å². The van der Waals surface area contributed by atoms with Gasteiger partial charge in [0.1, 0.15) is 5.82 Å². The molecule has 30 heavy (non-hydrogen) atoms. The molecule has 0 aliphatic carbocycles. The van der Waals surface area contributed by atoms with E-state index in [1.54, 1.807) is 36.7 Å². The van der Waals surface area contributed by atoms with E-state index in [0.717, 1.165) is 11.1 Å². The first-order chi connectivity index (χ1) is 14.3. The zero-order valence-electron chi connectivity index (χ0n) is 16.9. The minimum Gasteiger partial charge on any atom is -0.345 e. The van der Waals surface area contributed by atoms with Gasteiger partial charge in [-0.15, -0.1) is 10.2 Å². The zero-order valence-corrected chi connectivity index (χ0v) is 17.7. The molecule has 3 rings (SSSR count). The van der Waals surface area contributed by atoms with E-state index in [9.17, 15) is 14.0 Å². The second kappa shape index (κ2) is 9.53. The van der Waals surface area contributed by atoms with Crippen LogP contribution in [0.25, 0.3) is 0 Å². The summed E-state index contributed by atoms with van der Waals surface area (Å²) in [4.78, 5) is 24.4. The van der Waals surface area contributed by atoms with Crippen molar-refractivity contribution in [3.63, 3.8) is 0 Å². The maximum absolute atomic E-state index is 13.4. The lowest BCUT2D eigenvalue weighted by molar-refractivity contribution is -0.113. The minimum absolute atomic E-state index is 0.0949. The van der Waals surface area contributed by atoms with Crippen LogP contribution in [0.15, 0.2) is 47.6 Å². The highest BCUT2D eigenvalue weighted by molar-refractivity contribution is 7.99. The summed E-state index contributed by atoms with van der Waals surface area (Å²) in [6, 6.07) is 11.5. The highest BCUT2D eigenvalue weighted by Crippen LogP contribution is 2.19. The Kier molecular flexibility index (Phi) is 6.83. The third kappa shape index (κ3) is 5.44. The Morgan fingerprint density at radius 3 is 2.57 bits per heavy atom. The second-order valence-corrected chi connectivity index (χ2v) is 7.75. The maximum Gasteiger partial charge on any atom is 0.251 e. The number of hydrogen-bond acceptors (Lipinski definition) is 5. The zero-order chi connectivity index (χ0) is 21.7. The Morgan fingerprint density at radius 1 is 1.10 bits per heavy atom. The molecule has 0 bridgehead atoms. The fourth-order valence-corrected chi connectivity index (χ4v) is 3.37. The Bertz CT molecular complexity index is 1070. The molecule has 0 spiro atoms. The quantitative estimate of drug-likeness (QED) is 0.565. The summed E-state index contributed by atoms with van der Waals surface area (Å²) >= 11 is 1.21. The van der Waals surface area contributed by atoms with Crippen LogP contribution in [-0.2, 0) is 18.4 Å². The average molecular weight is 428 g/mol. The van der Waals surface area contributed by atoms with E-state index < -0.39 is 5.82 Å². The second-order valence-electron chi connectivity index (χ2n) is 6.80. The molecule has 1 aromatic heterocycles. The predicted octanol–water partition coefficient (Wildman–Crippen LogP) is 3.23. The van der Waals surface area contributed by atoms with Crippen molar-refractivity contribution in [2.75, 3.05) is 11.1 Å². The van der Waals surface area contributed by atoms with Gasteiger partial charge in [0.2, 0.25) is 5.91 Å². The number of rotatable bonds is 7. The number of nitrogens with zero attached hydrogens (tertiary/aromatic N) is 3. The summed E-state index contributed by atoms with van der Waals surface area (Å²) in [7, 11) is 1.77.